The predicted molar refractivity (Wildman–Crippen MR) is 84.2 cm³/mol. The van der Waals surface area contributed by atoms with Gasteiger partial charge in [0, 0.05) is 19.3 Å². The third-order valence-corrected chi connectivity index (χ3v) is 3.51. The van der Waals surface area contributed by atoms with Crippen molar-refractivity contribution in [3.63, 3.8) is 0 Å². The molecule has 1 aromatic carbocycles. The van der Waals surface area contributed by atoms with Gasteiger partial charge in [0.15, 0.2) is 0 Å². The van der Waals surface area contributed by atoms with Crippen LogP contribution in [0.2, 0.25) is 0 Å². The van der Waals surface area contributed by atoms with Crippen molar-refractivity contribution in [1.29, 1.82) is 0 Å². The van der Waals surface area contributed by atoms with E-state index in [1.54, 1.807) is 19.2 Å². The maximum Gasteiger partial charge on any atom is 0.274 e. The first-order chi connectivity index (χ1) is 10.7. The highest BCUT2D eigenvalue weighted by molar-refractivity contribution is 6.04. The Labute approximate surface area is 129 Å². The lowest BCUT2D eigenvalue weighted by molar-refractivity contribution is 0.102. The second kappa shape index (κ2) is 6.53. The van der Waals surface area contributed by atoms with Gasteiger partial charge in [-0.25, -0.2) is 9.97 Å². The lowest BCUT2D eigenvalue weighted by atomic mass is 10.2. The molecule has 0 radical (unpaired) electrons. The maximum atomic E-state index is 12.4. The van der Waals surface area contributed by atoms with Crippen molar-refractivity contribution in [1.82, 2.24) is 9.97 Å². The minimum atomic E-state index is -0.230. The molecule has 1 saturated heterocycles. The number of carbonyl (C=O) groups excluding carboxylic acids is 1. The number of aryl methyl sites for hydroxylation is 1. The average molecular weight is 298 g/mol. The van der Waals surface area contributed by atoms with Crippen molar-refractivity contribution < 1.29 is 9.53 Å². The lowest BCUT2D eigenvalue weighted by Crippen LogP contribution is -2.36. The normalized spacial score (nSPS) is 14.7. The summed E-state index contributed by atoms with van der Waals surface area (Å²) in [6.45, 7) is 4.80. The van der Waals surface area contributed by atoms with Crippen molar-refractivity contribution in [3.8, 4) is 0 Å². The highest BCUT2D eigenvalue weighted by Gasteiger charge is 2.16. The van der Waals surface area contributed by atoms with Crippen LogP contribution >= 0.6 is 0 Å². The standard InChI is InChI=1S/C16H18N4O2/c1-12-17-7-6-14(18-12)16(21)19-13-4-2-3-5-15(13)20-8-10-22-11-9-20/h2-7H,8-11H2,1H3,(H,19,21). The van der Waals surface area contributed by atoms with Gasteiger partial charge >= 0.3 is 0 Å². The van der Waals surface area contributed by atoms with Gasteiger partial charge in [-0.15, -0.1) is 0 Å². The Bertz CT molecular complexity index is 669. The molecule has 3 rings (SSSR count). The van der Waals surface area contributed by atoms with Crippen LogP contribution in [0.25, 0.3) is 0 Å². The molecule has 1 aromatic heterocycles. The summed E-state index contributed by atoms with van der Waals surface area (Å²) in [4.78, 5) is 22.7. The molecule has 1 aliphatic rings. The van der Waals surface area contributed by atoms with Crippen LogP contribution in [0.1, 0.15) is 16.3 Å². The van der Waals surface area contributed by atoms with Gasteiger partial charge in [-0.1, -0.05) is 12.1 Å². The monoisotopic (exact) mass is 298 g/mol. The van der Waals surface area contributed by atoms with Crippen LogP contribution < -0.4 is 10.2 Å². The third-order valence-electron chi connectivity index (χ3n) is 3.51. The van der Waals surface area contributed by atoms with E-state index in [1.165, 1.54) is 0 Å². The van der Waals surface area contributed by atoms with Crippen molar-refractivity contribution in [2.45, 2.75) is 6.92 Å². The number of benzene rings is 1. The summed E-state index contributed by atoms with van der Waals surface area (Å²) in [5, 5.41) is 2.94. The number of para-hydroxylation sites is 2. The first-order valence-electron chi connectivity index (χ1n) is 7.27. The molecule has 6 heteroatoms. The minimum Gasteiger partial charge on any atom is -0.378 e. The highest BCUT2D eigenvalue weighted by Crippen LogP contribution is 2.26. The Balaban J connectivity index is 1.81. The van der Waals surface area contributed by atoms with E-state index in [4.69, 9.17) is 4.74 Å². The van der Waals surface area contributed by atoms with E-state index >= 15 is 0 Å². The van der Waals surface area contributed by atoms with Gasteiger partial charge in [-0.3, -0.25) is 4.79 Å². The number of hydrogen-bond donors (Lipinski definition) is 1. The Morgan fingerprint density at radius 3 is 2.77 bits per heavy atom. The first kappa shape index (κ1) is 14.5. The topological polar surface area (TPSA) is 67.4 Å². The molecule has 0 bridgehead atoms. The van der Waals surface area contributed by atoms with Crippen molar-refractivity contribution in [2.24, 2.45) is 0 Å². The summed E-state index contributed by atoms with van der Waals surface area (Å²) in [6.07, 6.45) is 1.59. The van der Waals surface area contributed by atoms with E-state index in [-0.39, 0.29) is 5.91 Å². The zero-order valence-electron chi connectivity index (χ0n) is 12.5. The van der Waals surface area contributed by atoms with Crippen LogP contribution in [0.3, 0.4) is 0 Å². The van der Waals surface area contributed by atoms with Gasteiger partial charge in [-0.2, -0.15) is 0 Å². The highest BCUT2D eigenvalue weighted by atomic mass is 16.5. The van der Waals surface area contributed by atoms with Gasteiger partial charge in [0.25, 0.3) is 5.91 Å². The first-order valence-corrected chi connectivity index (χ1v) is 7.27. The van der Waals surface area contributed by atoms with Crippen LogP contribution in [0.15, 0.2) is 36.5 Å². The molecule has 1 N–H and O–H groups in total. The fourth-order valence-electron chi connectivity index (χ4n) is 2.43. The van der Waals surface area contributed by atoms with Crippen LogP contribution in [-0.4, -0.2) is 42.2 Å². The Kier molecular flexibility index (Phi) is 4.29. The fourth-order valence-corrected chi connectivity index (χ4v) is 2.43. The molecule has 0 saturated carbocycles. The number of ether oxygens (including phenoxy) is 1. The number of amides is 1. The number of anilines is 2. The van der Waals surface area contributed by atoms with Gasteiger partial charge in [0.1, 0.15) is 11.5 Å². The molecular weight excluding hydrogens is 280 g/mol. The zero-order chi connectivity index (χ0) is 15.4. The molecular formula is C16H18N4O2. The van der Waals surface area contributed by atoms with Gasteiger partial charge in [0.2, 0.25) is 0 Å². The number of hydrogen-bond acceptors (Lipinski definition) is 5. The second-order valence-electron chi connectivity index (χ2n) is 5.06. The molecule has 1 aliphatic heterocycles. The molecule has 0 atom stereocenters. The van der Waals surface area contributed by atoms with Gasteiger partial charge in [0.05, 0.1) is 24.6 Å². The van der Waals surface area contributed by atoms with E-state index in [2.05, 4.69) is 20.2 Å². The van der Waals surface area contributed by atoms with Crippen LogP contribution in [0, 0.1) is 6.92 Å². The Morgan fingerprint density at radius 2 is 2.00 bits per heavy atom. The predicted octanol–water partition coefficient (Wildman–Crippen LogP) is 1.87. The van der Waals surface area contributed by atoms with E-state index < -0.39 is 0 Å². The number of nitrogens with one attached hydrogen (secondary N) is 1. The summed E-state index contributed by atoms with van der Waals surface area (Å²) in [5.41, 5.74) is 2.15. The SMILES string of the molecule is Cc1nccc(C(=O)Nc2ccccc2N2CCOCC2)n1. The van der Waals surface area contributed by atoms with E-state index in [9.17, 15) is 4.79 Å². The summed E-state index contributed by atoms with van der Waals surface area (Å²) in [7, 11) is 0. The average Bonchev–Trinajstić information content (AvgIpc) is 2.56. The molecule has 0 aliphatic carbocycles. The molecule has 22 heavy (non-hydrogen) atoms. The van der Waals surface area contributed by atoms with E-state index in [0.717, 1.165) is 24.5 Å². The minimum absolute atomic E-state index is 0.230. The largest absolute Gasteiger partial charge is 0.378 e. The van der Waals surface area contributed by atoms with Crippen LogP contribution in [-0.2, 0) is 4.74 Å². The maximum absolute atomic E-state index is 12.4. The lowest BCUT2D eigenvalue weighted by Gasteiger charge is -2.30. The molecule has 0 spiro atoms. The van der Waals surface area contributed by atoms with Gasteiger partial charge < -0.3 is 15.0 Å². The second-order valence-corrected chi connectivity index (χ2v) is 5.06. The zero-order valence-corrected chi connectivity index (χ0v) is 12.5. The molecule has 0 unspecified atom stereocenters. The summed E-state index contributed by atoms with van der Waals surface area (Å²) in [6, 6.07) is 9.39. The molecule has 2 heterocycles. The summed E-state index contributed by atoms with van der Waals surface area (Å²) >= 11 is 0. The van der Waals surface area contributed by atoms with Crippen molar-refractivity contribution in [2.75, 3.05) is 36.5 Å². The van der Waals surface area contributed by atoms with Crippen LogP contribution in [0.4, 0.5) is 11.4 Å². The van der Waals surface area contributed by atoms with Crippen molar-refractivity contribution in [3.05, 3.63) is 48.0 Å². The third kappa shape index (κ3) is 3.23. The molecule has 6 nitrogen and oxygen atoms in total. The summed E-state index contributed by atoms with van der Waals surface area (Å²) in [5.74, 6) is 0.348. The summed E-state index contributed by atoms with van der Waals surface area (Å²) < 4.78 is 5.38. The van der Waals surface area contributed by atoms with Crippen LogP contribution in [0.5, 0.6) is 0 Å². The Hall–Kier alpha value is -2.47. The quantitative estimate of drug-likeness (QED) is 0.937. The number of nitrogens with zero attached hydrogens (tertiary/aromatic N) is 3. The smallest absolute Gasteiger partial charge is 0.274 e. The molecule has 1 fully saturated rings. The fraction of sp³-hybridized carbons (Fsp3) is 0.312. The molecule has 2 aromatic rings. The van der Waals surface area contributed by atoms with E-state index in [0.29, 0.717) is 24.7 Å². The number of rotatable bonds is 3. The van der Waals surface area contributed by atoms with Gasteiger partial charge in [-0.05, 0) is 25.1 Å². The number of aromatic nitrogens is 2. The molecule has 1 amide bonds. The Morgan fingerprint density at radius 1 is 1.23 bits per heavy atom. The number of carbonyl (C=O) groups is 1. The molecule has 114 valence electrons. The van der Waals surface area contributed by atoms with Crippen molar-refractivity contribution >= 4 is 17.3 Å². The van der Waals surface area contributed by atoms with E-state index in [1.807, 2.05) is 24.3 Å². The number of morpholine rings is 1.